The van der Waals surface area contributed by atoms with Gasteiger partial charge in [-0.25, -0.2) is 4.39 Å². The molecule has 0 saturated carbocycles. The molecule has 1 aromatic rings. The van der Waals surface area contributed by atoms with E-state index >= 15 is 0 Å². The van der Waals surface area contributed by atoms with Crippen molar-refractivity contribution in [2.45, 2.75) is 33.6 Å². The molecule has 0 fully saturated rings. The summed E-state index contributed by atoms with van der Waals surface area (Å²) in [5, 5.41) is 0. The van der Waals surface area contributed by atoms with Crippen molar-refractivity contribution in [1.82, 2.24) is 0 Å². The van der Waals surface area contributed by atoms with Gasteiger partial charge in [-0.15, -0.1) is 0 Å². The van der Waals surface area contributed by atoms with Crippen molar-refractivity contribution in [3.05, 3.63) is 34.6 Å². The summed E-state index contributed by atoms with van der Waals surface area (Å²) in [5.74, 6) is -0.0889. The van der Waals surface area contributed by atoms with E-state index in [1.165, 1.54) is 11.1 Å². The number of fused-ring (bicyclic) bond motifs is 1. The van der Waals surface area contributed by atoms with Crippen LogP contribution in [0.15, 0.2) is 12.1 Å². The van der Waals surface area contributed by atoms with Crippen LogP contribution in [0.25, 0.3) is 0 Å². The molecular weight excluding hydrogens is 163 g/mol. The highest BCUT2D eigenvalue weighted by Crippen LogP contribution is 2.37. The number of aryl methyl sites for hydroxylation is 1. The fourth-order valence-electron chi connectivity index (χ4n) is 2.31. The van der Waals surface area contributed by atoms with Gasteiger partial charge in [0.05, 0.1) is 0 Å². The highest BCUT2D eigenvalue weighted by Gasteiger charge is 2.29. The van der Waals surface area contributed by atoms with Gasteiger partial charge < -0.3 is 0 Å². The van der Waals surface area contributed by atoms with E-state index in [0.717, 1.165) is 18.4 Å². The summed E-state index contributed by atoms with van der Waals surface area (Å²) in [6.07, 6.45) is 2.11. The lowest BCUT2D eigenvalue weighted by atomic mass is 9.90. The summed E-state index contributed by atoms with van der Waals surface area (Å²) in [5.41, 5.74) is 4.01. The second-order valence-corrected chi connectivity index (χ2v) is 4.88. The summed E-state index contributed by atoms with van der Waals surface area (Å²) in [6.45, 7) is 6.48. The van der Waals surface area contributed by atoms with E-state index in [1.54, 1.807) is 12.1 Å². The zero-order chi connectivity index (χ0) is 9.64. The molecule has 1 heteroatoms. The maximum absolute atomic E-state index is 13.1. The highest BCUT2D eigenvalue weighted by atomic mass is 19.1. The molecule has 0 nitrogen and oxygen atoms in total. The molecule has 13 heavy (non-hydrogen) atoms. The normalized spacial score (nSPS) is 18.8. The van der Waals surface area contributed by atoms with Gasteiger partial charge in [0.25, 0.3) is 0 Å². The van der Waals surface area contributed by atoms with Crippen LogP contribution in [0.2, 0.25) is 0 Å². The average Bonchev–Trinajstić information content (AvgIpc) is 2.23. The van der Waals surface area contributed by atoms with Crippen molar-refractivity contribution in [2.75, 3.05) is 0 Å². The Labute approximate surface area is 78.8 Å². The molecule has 0 aliphatic heterocycles. The van der Waals surface area contributed by atoms with Crippen LogP contribution in [0, 0.1) is 18.2 Å². The minimum Gasteiger partial charge on any atom is -0.207 e. The molecule has 0 spiro atoms. The predicted molar refractivity (Wildman–Crippen MR) is 52.3 cm³/mol. The summed E-state index contributed by atoms with van der Waals surface area (Å²) >= 11 is 0. The summed E-state index contributed by atoms with van der Waals surface area (Å²) < 4.78 is 13.1. The van der Waals surface area contributed by atoms with Crippen molar-refractivity contribution >= 4 is 0 Å². The monoisotopic (exact) mass is 178 g/mol. The molecule has 0 aromatic heterocycles. The van der Waals surface area contributed by atoms with Crippen LogP contribution in [0.5, 0.6) is 0 Å². The van der Waals surface area contributed by atoms with Crippen molar-refractivity contribution in [3.8, 4) is 0 Å². The third-order valence-corrected chi connectivity index (χ3v) is 2.85. The van der Waals surface area contributed by atoms with E-state index in [4.69, 9.17) is 0 Å². The Bertz CT molecular complexity index is 350. The van der Waals surface area contributed by atoms with E-state index in [-0.39, 0.29) is 5.82 Å². The van der Waals surface area contributed by atoms with E-state index in [9.17, 15) is 4.39 Å². The highest BCUT2D eigenvalue weighted by molar-refractivity contribution is 5.40. The molecule has 0 radical (unpaired) electrons. The number of benzene rings is 1. The van der Waals surface area contributed by atoms with Gasteiger partial charge in [-0.05, 0) is 54.0 Å². The Morgan fingerprint density at radius 3 is 2.62 bits per heavy atom. The van der Waals surface area contributed by atoms with Crippen molar-refractivity contribution in [3.63, 3.8) is 0 Å². The first-order valence-electron chi connectivity index (χ1n) is 4.76. The maximum Gasteiger partial charge on any atom is 0.123 e. The largest absolute Gasteiger partial charge is 0.207 e. The first-order chi connectivity index (χ1) is 5.98. The maximum atomic E-state index is 13.1. The van der Waals surface area contributed by atoms with Gasteiger partial charge >= 0.3 is 0 Å². The molecule has 1 aromatic carbocycles. The van der Waals surface area contributed by atoms with Crippen LogP contribution in [-0.2, 0) is 12.8 Å². The standard InChI is InChI=1S/C12H15F/c1-8-4-10(13)5-9-6-12(2,3)7-11(8)9/h4-5H,6-7H2,1-3H3. The van der Waals surface area contributed by atoms with E-state index in [1.807, 2.05) is 6.92 Å². The number of hydrogen-bond donors (Lipinski definition) is 0. The molecule has 1 aliphatic carbocycles. The van der Waals surface area contributed by atoms with Crippen LogP contribution in [0.1, 0.15) is 30.5 Å². The first kappa shape index (κ1) is 8.74. The molecule has 0 saturated heterocycles. The second-order valence-electron chi connectivity index (χ2n) is 4.88. The Balaban J connectivity index is 2.52. The first-order valence-corrected chi connectivity index (χ1v) is 4.76. The average molecular weight is 178 g/mol. The molecule has 0 unspecified atom stereocenters. The van der Waals surface area contributed by atoms with E-state index < -0.39 is 0 Å². The molecule has 2 rings (SSSR count). The van der Waals surface area contributed by atoms with Crippen molar-refractivity contribution in [2.24, 2.45) is 5.41 Å². The summed E-state index contributed by atoms with van der Waals surface area (Å²) in [6, 6.07) is 3.33. The van der Waals surface area contributed by atoms with E-state index in [2.05, 4.69) is 13.8 Å². The fourth-order valence-corrected chi connectivity index (χ4v) is 2.31. The topological polar surface area (TPSA) is 0 Å². The predicted octanol–water partition coefficient (Wildman–Crippen LogP) is 3.26. The summed E-state index contributed by atoms with van der Waals surface area (Å²) in [7, 11) is 0. The molecule has 0 amide bonds. The Hall–Kier alpha value is -0.850. The third-order valence-electron chi connectivity index (χ3n) is 2.85. The van der Waals surface area contributed by atoms with Gasteiger partial charge in [-0.2, -0.15) is 0 Å². The van der Waals surface area contributed by atoms with Gasteiger partial charge in [0, 0.05) is 0 Å². The lowest BCUT2D eigenvalue weighted by molar-refractivity contribution is 0.392. The molecule has 0 N–H and O–H groups in total. The molecule has 0 bridgehead atoms. The Morgan fingerprint density at radius 1 is 1.23 bits per heavy atom. The SMILES string of the molecule is Cc1cc(F)cc2c1CC(C)(C)C2. The molecule has 0 heterocycles. The smallest absolute Gasteiger partial charge is 0.123 e. The van der Waals surface area contributed by atoms with Crippen molar-refractivity contribution in [1.29, 1.82) is 0 Å². The van der Waals surface area contributed by atoms with Crippen LogP contribution >= 0.6 is 0 Å². The van der Waals surface area contributed by atoms with E-state index in [0.29, 0.717) is 5.41 Å². The van der Waals surface area contributed by atoms with Crippen LogP contribution < -0.4 is 0 Å². The summed E-state index contributed by atoms with van der Waals surface area (Å²) in [4.78, 5) is 0. The van der Waals surface area contributed by atoms with Gasteiger partial charge in [0.2, 0.25) is 0 Å². The minimum absolute atomic E-state index is 0.0889. The van der Waals surface area contributed by atoms with Gasteiger partial charge in [-0.1, -0.05) is 13.8 Å². The quantitative estimate of drug-likeness (QED) is 0.572. The molecular formula is C12H15F. The van der Waals surface area contributed by atoms with Gasteiger partial charge in [0.15, 0.2) is 0 Å². The Morgan fingerprint density at radius 2 is 1.92 bits per heavy atom. The third kappa shape index (κ3) is 1.48. The Kier molecular flexibility index (Phi) is 1.73. The number of hydrogen-bond acceptors (Lipinski definition) is 0. The van der Waals surface area contributed by atoms with Gasteiger partial charge in [-0.3, -0.25) is 0 Å². The second kappa shape index (κ2) is 2.57. The van der Waals surface area contributed by atoms with Crippen LogP contribution in [0.4, 0.5) is 4.39 Å². The molecule has 70 valence electrons. The lowest BCUT2D eigenvalue weighted by Gasteiger charge is -2.15. The lowest BCUT2D eigenvalue weighted by Crippen LogP contribution is -2.09. The molecule has 1 aliphatic rings. The molecule has 0 atom stereocenters. The zero-order valence-electron chi connectivity index (χ0n) is 8.45. The van der Waals surface area contributed by atoms with Gasteiger partial charge in [0.1, 0.15) is 5.82 Å². The fraction of sp³-hybridized carbons (Fsp3) is 0.500. The minimum atomic E-state index is -0.0889. The van der Waals surface area contributed by atoms with Crippen LogP contribution in [0.3, 0.4) is 0 Å². The number of rotatable bonds is 0. The van der Waals surface area contributed by atoms with Crippen LogP contribution in [-0.4, -0.2) is 0 Å². The number of halogens is 1. The zero-order valence-corrected chi connectivity index (χ0v) is 8.45. The van der Waals surface area contributed by atoms with Crippen molar-refractivity contribution < 1.29 is 4.39 Å².